The van der Waals surface area contributed by atoms with Gasteiger partial charge in [-0.25, -0.2) is 8.42 Å². The number of aromatic hydroxyl groups is 1. The highest BCUT2D eigenvalue weighted by molar-refractivity contribution is 7.91. The molecule has 1 amide bonds. The number of sulfone groups is 1. The van der Waals surface area contributed by atoms with Crippen LogP contribution in [0.2, 0.25) is 0 Å². The van der Waals surface area contributed by atoms with Gasteiger partial charge in [0.2, 0.25) is 9.84 Å². The standard InChI is InChI=1S/C23H18N2O7S/c1-25-17-10-9-14(33(31,32)18-8-4-6-13-5-2-3-7-15(13)18)11-16(17)21(28)20(23(25)30)22(29)24-12-19(26)27/h2-11,28H,12H2,1H3,(H,24,29)(H,26,27). The van der Waals surface area contributed by atoms with Gasteiger partial charge < -0.3 is 20.1 Å². The number of carbonyl (C=O) groups excluding carboxylic acids is 1. The van der Waals surface area contributed by atoms with Crippen LogP contribution in [0, 0.1) is 0 Å². The van der Waals surface area contributed by atoms with Gasteiger partial charge in [0.1, 0.15) is 17.9 Å². The monoisotopic (exact) mass is 466 g/mol. The number of aromatic nitrogens is 1. The van der Waals surface area contributed by atoms with Crippen LogP contribution in [0.3, 0.4) is 0 Å². The second kappa shape index (κ2) is 8.06. The van der Waals surface area contributed by atoms with Gasteiger partial charge >= 0.3 is 5.97 Å². The Kier molecular flexibility index (Phi) is 5.38. The third kappa shape index (κ3) is 3.70. The summed E-state index contributed by atoms with van der Waals surface area (Å²) in [7, 11) is -2.67. The van der Waals surface area contributed by atoms with E-state index in [2.05, 4.69) is 0 Å². The lowest BCUT2D eigenvalue weighted by Crippen LogP contribution is -2.35. The SMILES string of the molecule is Cn1c(=O)c(C(=O)NCC(=O)O)c(O)c2cc(S(=O)(=O)c3cccc4ccccc34)ccc21. The number of pyridine rings is 1. The fraction of sp³-hybridized carbons (Fsp3) is 0.0870. The molecule has 9 nitrogen and oxygen atoms in total. The lowest BCUT2D eigenvalue weighted by Gasteiger charge is -2.14. The highest BCUT2D eigenvalue weighted by atomic mass is 32.2. The van der Waals surface area contributed by atoms with Crippen molar-refractivity contribution in [3.8, 4) is 5.75 Å². The Bertz CT molecular complexity index is 1620. The second-order valence-corrected chi connectivity index (χ2v) is 9.24. The maximum atomic E-state index is 13.5. The number of carboxylic acid groups (broad SMARTS) is 1. The predicted octanol–water partition coefficient (Wildman–Crippen LogP) is 2.04. The molecule has 168 valence electrons. The van der Waals surface area contributed by atoms with Crippen molar-refractivity contribution in [2.24, 2.45) is 7.05 Å². The van der Waals surface area contributed by atoms with Crippen molar-refractivity contribution in [3.05, 3.63) is 76.6 Å². The third-order valence-electron chi connectivity index (χ3n) is 5.32. The number of aryl methyl sites for hydroxylation is 1. The highest BCUT2D eigenvalue weighted by Crippen LogP contribution is 2.33. The highest BCUT2D eigenvalue weighted by Gasteiger charge is 2.25. The van der Waals surface area contributed by atoms with E-state index in [1.165, 1.54) is 31.3 Å². The molecule has 10 heteroatoms. The first-order chi connectivity index (χ1) is 15.6. The Morgan fingerprint density at radius 2 is 1.70 bits per heavy atom. The summed E-state index contributed by atoms with van der Waals surface area (Å²) in [6.45, 7) is -0.755. The summed E-state index contributed by atoms with van der Waals surface area (Å²) < 4.78 is 28.0. The Hall–Kier alpha value is -4.18. The van der Waals surface area contributed by atoms with E-state index >= 15 is 0 Å². The van der Waals surface area contributed by atoms with Crippen LogP contribution >= 0.6 is 0 Å². The molecule has 0 atom stereocenters. The number of benzene rings is 3. The number of carboxylic acids is 1. The summed E-state index contributed by atoms with van der Waals surface area (Å²) >= 11 is 0. The molecule has 4 aromatic rings. The molecule has 1 heterocycles. The molecule has 33 heavy (non-hydrogen) atoms. The van der Waals surface area contributed by atoms with Gasteiger partial charge in [-0.2, -0.15) is 0 Å². The van der Waals surface area contributed by atoms with Crippen LogP contribution in [-0.4, -0.2) is 41.6 Å². The summed E-state index contributed by atoms with van der Waals surface area (Å²) in [6, 6.07) is 15.8. The smallest absolute Gasteiger partial charge is 0.322 e. The Balaban J connectivity index is 1.93. The first kappa shape index (κ1) is 22.0. The molecular formula is C23H18N2O7S. The van der Waals surface area contributed by atoms with Gasteiger partial charge in [0.05, 0.1) is 15.3 Å². The maximum Gasteiger partial charge on any atom is 0.322 e. The van der Waals surface area contributed by atoms with Crippen molar-refractivity contribution < 1.29 is 28.2 Å². The summed E-state index contributed by atoms with van der Waals surface area (Å²) in [5.74, 6) is -3.14. The Morgan fingerprint density at radius 1 is 1.00 bits per heavy atom. The van der Waals surface area contributed by atoms with E-state index in [0.29, 0.717) is 5.39 Å². The zero-order valence-corrected chi connectivity index (χ0v) is 18.1. The van der Waals surface area contributed by atoms with E-state index in [9.17, 15) is 27.9 Å². The van der Waals surface area contributed by atoms with Crippen molar-refractivity contribution in [2.75, 3.05) is 6.54 Å². The molecular weight excluding hydrogens is 448 g/mol. The van der Waals surface area contributed by atoms with Gasteiger partial charge in [0.15, 0.2) is 0 Å². The van der Waals surface area contributed by atoms with E-state index in [-0.39, 0.29) is 20.7 Å². The van der Waals surface area contributed by atoms with Crippen LogP contribution in [0.15, 0.2) is 75.2 Å². The molecule has 0 aliphatic carbocycles. The summed E-state index contributed by atoms with van der Waals surface area (Å²) in [6.07, 6.45) is 0. The average Bonchev–Trinajstić information content (AvgIpc) is 2.80. The molecule has 3 N–H and O–H groups in total. The number of amides is 1. The van der Waals surface area contributed by atoms with Crippen LogP contribution in [-0.2, 0) is 21.7 Å². The lowest BCUT2D eigenvalue weighted by molar-refractivity contribution is -0.135. The molecule has 0 saturated carbocycles. The number of hydrogen-bond acceptors (Lipinski definition) is 6. The molecule has 0 saturated heterocycles. The van der Waals surface area contributed by atoms with Crippen LogP contribution in [0.4, 0.5) is 0 Å². The molecule has 4 rings (SSSR count). The van der Waals surface area contributed by atoms with E-state index in [4.69, 9.17) is 5.11 Å². The molecule has 0 aliphatic heterocycles. The minimum absolute atomic E-state index is 0.0427. The van der Waals surface area contributed by atoms with Crippen molar-refractivity contribution in [1.29, 1.82) is 0 Å². The zero-order valence-electron chi connectivity index (χ0n) is 17.3. The van der Waals surface area contributed by atoms with Gasteiger partial charge in [-0.1, -0.05) is 36.4 Å². The summed E-state index contributed by atoms with van der Waals surface area (Å²) in [5, 5.41) is 22.7. The molecule has 3 aromatic carbocycles. The second-order valence-electron chi connectivity index (χ2n) is 7.32. The first-order valence-corrected chi connectivity index (χ1v) is 11.2. The summed E-state index contributed by atoms with van der Waals surface area (Å²) in [5.41, 5.74) is -1.33. The van der Waals surface area contributed by atoms with Crippen molar-refractivity contribution in [3.63, 3.8) is 0 Å². The minimum atomic E-state index is -4.03. The molecule has 0 radical (unpaired) electrons. The van der Waals surface area contributed by atoms with Crippen molar-refractivity contribution >= 4 is 43.4 Å². The fourth-order valence-electron chi connectivity index (χ4n) is 3.68. The minimum Gasteiger partial charge on any atom is -0.506 e. The van der Waals surface area contributed by atoms with Crippen LogP contribution in [0.25, 0.3) is 21.7 Å². The maximum absolute atomic E-state index is 13.5. The molecule has 0 spiro atoms. The van der Waals surface area contributed by atoms with Crippen LogP contribution in [0.5, 0.6) is 5.75 Å². The van der Waals surface area contributed by atoms with Gasteiger partial charge in [-0.3, -0.25) is 14.4 Å². The quantitative estimate of drug-likeness (QED) is 0.408. The number of nitrogens with zero attached hydrogens (tertiary/aromatic N) is 1. The zero-order chi connectivity index (χ0) is 23.9. The van der Waals surface area contributed by atoms with Crippen molar-refractivity contribution in [1.82, 2.24) is 9.88 Å². The van der Waals surface area contributed by atoms with Gasteiger partial charge in [-0.05, 0) is 29.7 Å². The number of carbonyl (C=O) groups is 2. The lowest BCUT2D eigenvalue weighted by atomic mass is 10.1. The molecule has 0 bridgehead atoms. The van der Waals surface area contributed by atoms with Gasteiger partial charge in [0, 0.05) is 17.8 Å². The largest absolute Gasteiger partial charge is 0.506 e. The van der Waals surface area contributed by atoms with Crippen LogP contribution in [0.1, 0.15) is 10.4 Å². The van der Waals surface area contributed by atoms with E-state index in [1.807, 2.05) is 5.32 Å². The Morgan fingerprint density at radius 3 is 2.42 bits per heavy atom. The van der Waals surface area contributed by atoms with Crippen LogP contribution < -0.4 is 10.9 Å². The summed E-state index contributed by atoms with van der Waals surface area (Å²) in [4.78, 5) is 35.7. The van der Waals surface area contributed by atoms with E-state index < -0.39 is 45.1 Å². The number of aliphatic carboxylic acids is 1. The third-order valence-corrected chi connectivity index (χ3v) is 7.13. The average molecular weight is 466 g/mol. The van der Waals surface area contributed by atoms with Gasteiger partial charge in [0.25, 0.3) is 11.5 Å². The first-order valence-electron chi connectivity index (χ1n) is 9.71. The fourth-order valence-corrected chi connectivity index (χ4v) is 5.19. The van der Waals surface area contributed by atoms with Crippen molar-refractivity contribution in [2.45, 2.75) is 9.79 Å². The Labute approximate surface area is 187 Å². The molecule has 1 aromatic heterocycles. The molecule has 0 unspecified atom stereocenters. The normalized spacial score (nSPS) is 11.5. The number of nitrogens with one attached hydrogen (secondary N) is 1. The van der Waals surface area contributed by atoms with Gasteiger partial charge in [-0.15, -0.1) is 0 Å². The molecule has 0 fully saturated rings. The predicted molar refractivity (Wildman–Crippen MR) is 120 cm³/mol. The number of fused-ring (bicyclic) bond motifs is 2. The number of hydrogen-bond donors (Lipinski definition) is 3. The van der Waals surface area contributed by atoms with E-state index in [1.54, 1.807) is 36.4 Å². The van der Waals surface area contributed by atoms with E-state index in [0.717, 1.165) is 9.95 Å². The topological polar surface area (TPSA) is 143 Å². The molecule has 0 aliphatic rings. The number of rotatable bonds is 5.